The summed E-state index contributed by atoms with van der Waals surface area (Å²) in [5.41, 5.74) is 2.00. The minimum Gasteiger partial charge on any atom is -0.378 e. The van der Waals surface area contributed by atoms with E-state index < -0.39 is 0 Å². The van der Waals surface area contributed by atoms with Gasteiger partial charge in [-0.15, -0.1) is 0 Å². The second kappa shape index (κ2) is 10.1. The number of amides is 1. The summed E-state index contributed by atoms with van der Waals surface area (Å²) in [5, 5.41) is 0.623. The van der Waals surface area contributed by atoms with Crippen LogP contribution in [-0.2, 0) is 14.3 Å². The molecule has 3 heterocycles. The van der Waals surface area contributed by atoms with Gasteiger partial charge in [-0.2, -0.15) is 0 Å². The summed E-state index contributed by atoms with van der Waals surface area (Å²) < 4.78 is 26.0. The molecule has 2 aromatic carbocycles. The third-order valence-electron chi connectivity index (χ3n) is 5.90. The van der Waals surface area contributed by atoms with Crippen molar-refractivity contribution in [2.45, 2.75) is 18.9 Å². The lowest BCUT2D eigenvalue weighted by molar-refractivity contribution is -0.123. The Morgan fingerprint density at radius 2 is 1.94 bits per heavy atom. The lowest BCUT2D eigenvalue weighted by atomic mass is 10.1. The molecule has 33 heavy (non-hydrogen) atoms. The summed E-state index contributed by atoms with van der Waals surface area (Å²) in [5.74, 6) is -0.418. The molecule has 172 valence electrons. The molecule has 0 radical (unpaired) electrons. The zero-order valence-electron chi connectivity index (χ0n) is 18.3. The molecule has 1 amide bonds. The van der Waals surface area contributed by atoms with Crippen molar-refractivity contribution in [3.05, 3.63) is 64.8 Å². The van der Waals surface area contributed by atoms with Gasteiger partial charge in [-0.25, -0.2) is 9.38 Å². The topological polar surface area (TPSA) is 54.4 Å². The monoisotopic (exact) mass is 467 g/mol. The first-order valence-corrected chi connectivity index (χ1v) is 12.1. The van der Waals surface area contributed by atoms with Crippen LogP contribution in [0.2, 0.25) is 0 Å². The molecule has 0 unspecified atom stereocenters. The number of morpholine rings is 1. The van der Waals surface area contributed by atoms with Crippen molar-refractivity contribution < 1.29 is 18.7 Å². The highest BCUT2D eigenvalue weighted by Crippen LogP contribution is 2.35. The molecule has 0 saturated carbocycles. The van der Waals surface area contributed by atoms with Crippen molar-refractivity contribution in [1.82, 2.24) is 4.90 Å². The van der Waals surface area contributed by atoms with E-state index in [1.54, 1.807) is 17.0 Å². The maximum Gasteiger partial charge on any atom is 0.266 e. The summed E-state index contributed by atoms with van der Waals surface area (Å²) in [6.45, 7) is 3.73. The number of aliphatic imine (C=N–C) groups is 1. The molecule has 3 aliphatic heterocycles. The molecule has 0 spiro atoms. The number of carbonyl (C=O) groups excluding carboxylic acids is 1. The molecule has 0 bridgehead atoms. The molecule has 8 heteroatoms. The second-order valence-electron chi connectivity index (χ2n) is 8.20. The predicted molar refractivity (Wildman–Crippen MR) is 129 cm³/mol. The third-order valence-corrected chi connectivity index (χ3v) is 6.91. The molecule has 0 N–H and O–H groups in total. The van der Waals surface area contributed by atoms with Crippen LogP contribution < -0.4 is 4.90 Å². The molecule has 3 fully saturated rings. The number of carbonyl (C=O) groups is 1. The molecule has 0 aliphatic carbocycles. The van der Waals surface area contributed by atoms with Crippen LogP contribution in [0.4, 0.5) is 15.8 Å². The summed E-state index contributed by atoms with van der Waals surface area (Å²) in [6, 6.07) is 14.7. The largest absolute Gasteiger partial charge is 0.378 e. The maximum atomic E-state index is 14.9. The number of benzene rings is 2. The van der Waals surface area contributed by atoms with Crippen molar-refractivity contribution in [1.29, 1.82) is 0 Å². The van der Waals surface area contributed by atoms with Gasteiger partial charge in [0.25, 0.3) is 5.91 Å². The van der Waals surface area contributed by atoms with Gasteiger partial charge in [0, 0.05) is 19.7 Å². The van der Waals surface area contributed by atoms with Crippen LogP contribution in [0.1, 0.15) is 18.4 Å². The highest BCUT2D eigenvalue weighted by molar-refractivity contribution is 8.18. The van der Waals surface area contributed by atoms with Crippen LogP contribution in [0.3, 0.4) is 0 Å². The highest BCUT2D eigenvalue weighted by atomic mass is 32.2. The van der Waals surface area contributed by atoms with E-state index >= 15 is 0 Å². The fourth-order valence-electron chi connectivity index (χ4n) is 4.18. The average molecular weight is 468 g/mol. The number of nitrogens with zero attached hydrogens (tertiary/aromatic N) is 3. The minimum absolute atomic E-state index is 0.0140. The molecular formula is C25H26FN3O3S. The number of para-hydroxylation sites is 1. The van der Waals surface area contributed by atoms with Crippen molar-refractivity contribution >= 4 is 40.3 Å². The van der Waals surface area contributed by atoms with Crippen molar-refractivity contribution in [3.8, 4) is 0 Å². The van der Waals surface area contributed by atoms with Crippen LogP contribution in [0, 0.1) is 5.82 Å². The van der Waals surface area contributed by atoms with E-state index in [2.05, 4.69) is 0 Å². The standard InChI is InChI=1S/C25H26FN3O3S/c26-21-15-18(8-9-22(21)28-10-13-31-14-11-28)16-23-24(30)29(17-20-7-4-12-32-20)25(33-23)27-19-5-2-1-3-6-19/h1-3,5-6,8-9,15-16,20H,4,7,10-14,17H2/b23-16-,27-25?/t20-/m0/s1. The van der Waals surface area contributed by atoms with Gasteiger partial charge in [0.1, 0.15) is 5.82 Å². The number of thioether (sulfide) groups is 1. The van der Waals surface area contributed by atoms with Crippen LogP contribution >= 0.6 is 11.8 Å². The molecule has 2 aromatic rings. The van der Waals surface area contributed by atoms with Gasteiger partial charge in [0.15, 0.2) is 5.17 Å². The first-order valence-electron chi connectivity index (χ1n) is 11.3. The first-order chi connectivity index (χ1) is 16.2. The van der Waals surface area contributed by atoms with Crippen LogP contribution in [-0.4, -0.2) is 61.5 Å². The van der Waals surface area contributed by atoms with E-state index in [1.165, 1.54) is 17.8 Å². The van der Waals surface area contributed by atoms with Gasteiger partial charge >= 0.3 is 0 Å². The Bertz CT molecular complexity index is 1060. The molecular weight excluding hydrogens is 441 g/mol. The Morgan fingerprint density at radius 1 is 1.12 bits per heavy atom. The summed E-state index contributed by atoms with van der Waals surface area (Å²) in [4.78, 5) is 22.2. The summed E-state index contributed by atoms with van der Waals surface area (Å²) in [6.07, 6.45) is 3.69. The summed E-state index contributed by atoms with van der Waals surface area (Å²) >= 11 is 1.32. The van der Waals surface area contributed by atoms with Crippen LogP contribution in [0.5, 0.6) is 0 Å². The molecule has 3 saturated heterocycles. The van der Waals surface area contributed by atoms with Gasteiger partial charge in [0.05, 0.1) is 42.1 Å². The Hall–Kier alpha value is -2.68. The average Bonchev–Trinajstić information content (AvgIpc) is 3.45. The SMILES string of the molecule is O=C1/C(=C/c2ccc(N3CCOCC3)c(F)c2)SC(=Nc2ccccc2)N1C[C@@H]1CCCO1. The Morgan fingerprint density at radius 3 is 2.67 bits per heavy atom. The number of rotatable bonds is 5. The van der Waals surface area contributed by atoms with E-state index in [4.69, 9.17) is 14.5 Å². The normalized spacial score (nSPS) is 23.8. The lowest BCUT2D eigenvalue weighted by Gasteiger charge is -2.29. The quantitative estimate of drug-likeness (QED) is 0.609. The predicted octanol–water partition coefficient (Wildman–Crippen LogP) is 4.45. The smallest absolute Gasteiger partial charge is 0.266 e. The number of ether oxygens (including phenoxy) is 2. The van der Waals surface area contributed by atoms with Gasteiger partial charge in [-0.05, 0) is 60.5 Å². The van der Waals surface area contributed by atoms with E-state index in [9.17, 15) is 9.18 Å². The number of hydrogen-bond donors (Lipinski definition) is 0. The van der Waals surface area contributed by atoms with Gasteiger partial charge < -0.3 is 14.4 Å². The number of anilines is 1. The van der Waals surface area contributed by atoms with E-state index in [0.29, 0.717) is 54.2 Å². The van der Waals surface area contributed by atoms with Gasteiger partial charge in [-0.1, -0.05) is 24.3 Å². The molecule has 1 atom stereocenters. The third kappa shape index (κ3) is 5.13. The molecule has 6 nitrogen and oxygen atoms in total. The zero-order valence-corrected chi connectivity index (χ0v) is 19.1. The van der Waals surface area contributed by atoms with E-state index in [-0.39, 0.29) is 17.8 Å². The second-order valence-corrected chi connectivity index (χ2v) is 9.21. The van der Waals surface area contributed by atoms with Gasteiger partial charge in [0.2, 0.25) is 0 Å². The number of hydrogen-bond acceptors (Lipinski definition) is 6. The van der Waals surface area contributed by atoms with Crippen LogP contribution in [0.25, 0.3) is 6.08 Å². The summed E-state index contributed by atoms with van der Waals surface area (Å²) in [7, 11) is 0. The number of halogens is 1. The molecule has 3 aliphatic rings. The van der Waals surface area contributed by atoms with Crippen molar-refractivity contribution in [3.63, 3.8) is 0 Å². The van der Waals surface area contributed by atoms with Gasteiger partial charge in [-0.3, -0.25) is 9.69 Å². The minimum atomic E-state index is -0.295. The molecule has 0 aromatic heterocycles. The van der Waals surface area contributed by atoms with E-state index in [1.807, 2.05) is 41.3 Å². The zero-order chi connectivity index (χ0) is 22.6. The van der Waals surface area contributed by atoms with E-state index in [0.717, 1.165) is 25.1 Å². The Kier molecular flexibility index (Phi) is 6.75. The fourth-order valence-corrected chi connectivity index (χ4v) is 5.19. The highest BCUT2D eigenvalue weighted by Gasteiger charge is 2.36. The fraction of sp³-hybridized carbons (Fsp3) is 0.360. The van der Waals surface area contributed by atoms with Crippen molar-refractivity contribution in [2.75, 3.05) is 44.4 Å². The Balaban J connectivity index is 1.40. The van der Waals surface area contributed by atoms with Crippen LogP contribution in [0.15, 0.2) is 58.4 Å². The number of amidine groups is 1. The lowest BCUT2D eigenvalue weighted by Crippen LogP contribution is -2.36. The first kappa shape index (κ1) is 22.1. The molecule has 5 rings (SSSR count). The van der Waals surface area contributed by atoms with Crippen molar-refractivity contribution in [2.24, 2.45) is 4.99 Å². The Labute approximate surface area is 197 Å². The maximum absolute atomic E-state index is 14.9.